The number of rotatable bonds is 2. The monoisotopic (exact) mass is 261 g/mol. The molecule has 4 heteroatoms. The van der Waals surface area contributed by atoms with E-state index in [4.69, 9.17) is 4.74 Å². The zero-order valence-corrected chi connectivity index (χ0v) is 11.8. The lowest BCUT2D eigenvalue weighted by molar-refractivity contribution is -0.151. The van der Waals surface area contributed by atoms with Gasteiger partial charge >= 0.3 is 5.97 Å². The quantitative estimate of drug-likeness (QED) is 0.767. The van der Waals surface area contributed by atoms with Crippen LogP contribution in [0, 0.1) is 19.3 Å². The van der Waals surface area contributed by atoms with Crippen LogP contribution in [0.4, 0.5) is 5.69 Å². The van der Waals surface area contributed by atoms with Gasteiger partial charge in [0.2, 0.25) is 5.91 Å². The third-order valence-electron chi connectivity index (χ3n) is 3.74. The molecule has 4 nitrogen and oxygen atoms in total. The highest BCUT2D eigenvalue weighted by molar-refractivity contribution is 6.02. The molecule has 1 saturated heterocycles. The molecule has 1 aliphatic heterocycles. The molecule has 1 aliphatic rings. The van der Waals surface area contributed by atoms with Crippen molar-refractivity contribution in [1.82, 2.24) is 0 Å². The average molecular weight is 261 g/mol. The molecule has 0 spiro atoms. The van der Waals surface area contributed by atoms with Gasteiger partial charge in [-0.15, -0.1) is 0 Å². The maximum Gasteiger partial charge on any atom is 0.313 e. The highest BCUT2D eigenvalue weighted by Crippen LogP contribution is 2.37. The predicted octanol–water partition coefficient (Wildman–Crippen LogP) is 2.22. The minimum absolute atomic E-state index is 0.0229. The van der Waals surface area contributed by atoms with Gasteiger partial charge in [-0.2, -0.15) is 0 Å². The molecular weight excluding hydrogens is 242 g/mol. The van der Waals surface area contributed by atoms with Gasteiger partial charge in [0.1, 0.15) is 0 Å². The molecule has 0 aliphatic carbocycles. The Balaban J connectivity index is 2.38. The van der Waals surface area contributed by atoms with Crippen molar-refractivity contribution in [2.24, 2.45) is 5.41 Å². The number of amides is 1. The van der Waals surface area contributed by atoms with E-state index in [0.717, 1.165) is 16.8 Å². The van der Waals surface area contributed by atoms with E-state index in [9.17, 15) is 9.59 Å². The number of anilines is 1. The molecule has 0 radical (unpaired) electrons. The van der Waals surface area contributed by atoms with E-state index < -0.39 is 5.41 Å². The Morgan fingerprint density at radius 1 is 1.32 bits per heavy atom. The van der Waals surface area contributed by atoms with E-state index in [1.54, 1.807) is 11.8 Å². The summed E-state index contributed by atoms with van der Waals surface area (Å²) in [5.74, 6) is -0.347. The van der Waals surface area contributed by atoms with Gasteiger partial charge in [0.15, 0.2) is 0 Å². The summed E-state index contributed by atoms with van der Waals surface area (Å²) in [5, 5.41) is 0. The van der Waals surface area contributed by atoms with Crippen LogP contribution in [0.5, 0.6) is 0 Å². The number of carbonyl (C=O) groups excluding carboxylic acids is 2. The van der Waals surface area contributed by atoms with Crippen molar-refractivity contribution in [3.05, 3.63) is 29.3 Å². The smallest absolute Gasteiger partial charge is 0.313 e. The molecule has 1 aromatic rings. The third-order valence-corrected chi connectivity index (χ3v) is 3.74. The van der Waals surface area contributed by atoms with Crippen LogP contribution in [0.2, 0.25) is 0 Å². The number of hydrogen-bond donors (Lipinski definition) is 0. The van der Waals surface area contributed by atoms with Gasteiger partial charge in [0.25, 0.3) is 0 Å². The number of carbonyl (C=O) groups is 2. The van der Waals surface area contributed by atoms with Crippen molar-refractivity contribution in [3.63, 3.8) is 0 Å². The summed E-state index contributed by atoms with van der Waals surface area (Å²) in [6.07, 6.45) is 0.202. The van der Waals surface area contributed by atoms with Gasteiger partial charge in [0.05, 0.1) is 12.5 Å². The summed E-state index contributed by atoms with van der Waals surface area (Å²) in [5.41, 5.74) is 2.26. The molecular formula is C15H19NO3. The number of aryl methyl sites for hydroxylation is 2. The van der Waals surface area contributed by atoms with Crippen LogP contribution in [0.1, 0.15) is 24.5 Å². The van der Waals surface area contributed by atoms with Crippen LogP contribution in [0.15, 0.2) is 18.2 Å². The van der Waals surface area contributed by atoms with Gasteiger partial charge < -0.3 is 9.64 Å². The Labute approximate surface area is 113 Å². The zero-order chi connectivity index (χ0) is 14.2. The molecule has 1 heterocycles. The fourth-order valence-corrected chi connectivity index (χ4v) is 2.74. The molecule has 1 fully saturated rings. The van der Waals surface area contributed by atoms with Crippen LogP contribution in [-0.4, -0.2) is 25.5 Å². The summed E-state index contributed by atoms with van der Waals surface area (Å²) in [6, 6.07) is 5.92. The van der Waals surface area contributed by atoms with Crippen molar-refractivity contribution in [1.29, 1.82) is 0 Å². The summed E-state index contributed by atoms with van der Waals surface area (Å²) in [6.45, 7) is 6.11. The van der Waals surface area contributed by atoms with Crippen molar-refractivity contribution in [3.8, 4) is 0 Å². The normalized spacial score (nSPS) is 22.7. The fraction of sp³-hybridized carbons (Fsp3) is 0.467. The highest BCUT2D eigenvalue weighted by atomic mass is 16.5. The van der Waals surface area contributed by atoms with Crippen molar-refractivity contribution in [2.45, 2.75) is 27.2 Å². The Kier molecular flexibility index (Phi) is 3.35. The summed E-state index contributed by atoms with van der Waals surface area (Å²) < 4.78 is 4.81. The Bertz CT molecular complexity index is 518. The molecule has 1 atom stereocenters. The minimum Gasteiger partial charge on any atom is -0.469 e. The molecule has 0 N–H and O–H groups in total. The molecule has 2 rings (SSSR count). The van der Waals surface area contributed by atoms with Gasteiger partial charge in [-0.3, -0.25) is 9.59 Å². The first-order valence-corrected chi connectivity index (χ1v) is 6.34. The van der Waals surface area contributed by atoms with Crippen LogP contribution < -0.4 is 4.90 Å². The molecule has 0 bridgehead atoms. The standard InChI is InChI=1S/C15H19NO3/c1-10-6-5-7-11(2)13(10)16-9-15(3,8-12(16)17)14(18)19-4/h5-7H,8-9H2,1-4H3. The second-order valence-corrected chi connectivity index (χ2v) is 5.45. The number of esters is 1. The van der Waals surface area contributed by atoms with Crippen LogP contribution in [0.25, 0.3) is 0 Å². The van der Waals surface area contributed by atoms with Crippen molar-refractivity contribution < 1.29 is 14.3 Å². The maximum atomic E-state index is 12.2. The number of para-hydroxylation sites is 1. The Morgan fingerprint density at radius 3 is 2.42 bits per heavy atom. The summed E-state index contributed by atoms with van der Waals surface area (Å²) >= 11 is 0. The topological polar surface area (TPSA) is 46.6 Å². The molecule has 19 heavy (non-hydrogen) atoms. The molecule has 0 aromatic heterocycles. The number of methoxy groups -OCH3 is 1. The zero-order valence-electron chi connectivity index (χ0n) is 11.8. The minimum atomic E-state index is -0.749. The second kappa shape index (κ2) is 4.68. The molecule has 1 unspecified atom stereocenters. The van der Waals surface area contributed by atoms with Crippen LogP contribution >= 0.6 is 0 Å². The number of hydrogen-bond acceptors (Lipinski definition) is 3. The van der Waals surface area contributed by atoms with E-state index in [1.807, 2.05) is 32.0 Å². The number of benzene rings is 1. The van der Waals surface area contributed by atoms with Crippen molar-refractivity contribution >= 4 is 17.6 Å². The Morgan fingerprint density at radius 2 is 1.89 bits per heavy atom. The van der Waals surface area contributed by atoms with Gasteiger partial charge in [-0.25, -0.2) is 0 Å². The maximum absolute atomic E-state index is 12.2. The largest absolute Gasteiger partial charge is 0.469 e. The SMILES string of the molecule is COC(=O)C1(C)CC(=O)N(c2c(C)cccc2C)C1. The summed E-state index contributed by atoms with van der Waals surface area (Å²) in [4.78, 5) is 25.8. The third kappa shape index (κ3) is 2.23. The van der Waals surface area contributed by atoms with Gasteiger partial charge in [-0.1, -0.05) is 18.2 Å². The summed E-state index contributed by atoms with van der Waals surface area (Å²) in [7, 11) is 1.36. The molecule has 1 aromatic carbocycles. The van der Waals surface area contributed by atoms with Gasteiger partial charge in [0, 0.05) is 18.7 Å². The molecule has 1 amide bonds. The predicted molar refractivity (Wildman–Crippen MR) is 73.0 cm³/mol. The van der Waals surface area contributed by atoms with Crippen LogP contribution in [-0.2, 0) is 14.3 Å². The molecule has 102 valence electrons. The van der Waals surface area contributed by atoms with E-state index in [1.165, 1.54) is 7.11 Å². The highest BCUT2D eigenvalue weighted by Gasteiger charge is 2.47. The average Bonchev–Trinajstić information content (AvgIpc) is 2.65. The van der Waals surface area contributed by atoms with E-state index >= 15 is 0 Å². The van der Waals surface area contributed by atoms with E-state index in [-0.39, 0.29) is 18.3 Å². The van der Waals surface area contributed by atoms with Crippen LogP contribution in [0.3, 0.4) is 0 Å². The number of ether oxygens (including phenoxy) is 1. The lowest BCUT2D eigenvalue weighted by Gasteiger charge is -2.24. The van der Waals surface area contributed by atoms with E-state index in [0.29, 0.717) is 6.54 Å². The second-order valence-electron chi connectivity index (χ2n) is 5.45. The van der Waals surface area contributed by atoms with E-state index in [2.05, 4.69) is 0 Å². The van der Waals surface area contributed by atoms with Gasteiger partial charge in [-0.05, 0) is 31.9 Å². The Hall–Kier alpha value is -1.84. The first-order valence-electron chi connectivity index (χ1n) is 6.34. The lowest BCUT2D eigenvalue weighted by Crippen LogP contribution is -2.33. The first-order chi connectivity index (χ1) is 8.89. The fourth-order valence-electron chi connectivity index (χ4n) is 2.74. The van der Waals surface area contributed by atoms with Crippen molar-refractivity contribution in [2.75, 3.05) is 18.6 Å². The number of nitrogens with zero attached hydrogens (tertiary/aromatic N) is 1. The lowest BCUT2D eigenvalue weighted by atomic mass is 9.90. The molecule has 0 saturated carbocycles. The first kappa shape index (κ1) is 13.6.